The van der Waals surface area contributed by atoms with E-state index < -0.39 is 0 Å². The quantitative estimate of drug-likeness (QED) is 0.891. The monoisotopic (exact) mass is 298 g/mol. The van der Waals surface area contributed by atoms with E-state index in [0.717, 1.165) is 24.0 Å². The smallest absolute Gasteiger partial charge is 0.291 e. The summed E-state index contributed by atoms with van der Waals surface area (Å²) in [5.41, 5.74) is 2.39. The molecular weight excluding hydrogens is 280 g/mol. The first-order valence-corrected chi connectivity index (χ1v) is 7.35. The molecule has 0 aliphatic heterocycles. The molecule has 1 aromatic carbocycles. The first kappa shape index (κ1) is 14.4. The van der Waals surface area contributed by atoms with Gasteiger partial charge in [-0.05, 0) is 43.5 Å². The number of benzene rings is 1. The van der Waals surface area contributed by atoms with E-state index >= 15 is 0 Å². The van der Waals surface area contributed by atoms with E-state index in [2.05, 4.69) is 10.6 Å². The lowest BCUT2D eigenvalue weighted by atomic mass is 10.1. The van der Waals surface area contributed by atoms with Crippen LogP contribution in [0.4, 0.5) is 5.69 Å². The van der Waals surface area contributed by atoms with Crippen LogP contribution in [0.15, 0.2) is 41.0 Å². The number of anilines is 1. The molecule has 1 aliphatic carbocycles. The highest BCUT2D eigenvalue weighted by atomic mass is 16.3. The van der Waals surface area contributed by atoms with E-state index in [0.29, 0.717) is 23.9 Å². The molecule has 0 atom stereocenters. The maximum absolute atomic E-state index is 12.0. The van der Waals surface area contributed by atoms with E-state index in [9.17, 15) is 9.59 Å². The average molecular weight is 298 g/mol. The molecule has 1 saturated carbocycles. The van der Waals surface area contributed by atoms with Gasteiger partial charge < -0.3 is 15.1 Å². The lowest BCUT2D eigenvalue weighted by Gasteiger charge is -2.06. The summed E-state index contributed by atoms with van der Waals surface area (Å²) < 4.78 is 5.15. The van der Waals surface area contributed by atoms with Crippen molar-refractivity contribution in [3.05, 3.63) is 53.5 Å². The van der Waals surface area contributed by atoms with Gasteiger partial charge in [-0.2, -0.15) is 0 Å². The van der Waals surface area contributed by atoms with E-state index in [1.807, 2.05) is 19.1 Å². The Bertz CT molecular complexity index is 684. The molecule has 114 valence electrons. The zero-order valence-corrected chi connectivity index (χ0v) is 12.4. The Labute approximate surface area is 128 Å². The van der Waals surface area contributed by atoms with E-state index in [1.165, 1.54) is 6.26 Å². The third-order valence-electron chi connectivity index (χ3n) is 3.59. The van der Waals surface area contributed by atoms with Crippen LogP contribution >= 0.6 is 0 Å². The lowest BCUT2D eigenvalue weighted by Crippen LogP contribution is -2.26. The van der Waals surface area contributed by atoms with Gasteiger partial charge in [0.1, 0.15) is 0 Å². The molecule has 2 N–H and O–H groups in total. The van der Waals surface area contributed by atoms with Crippen LogP contribution in [0, 0.1) is 6.92 Å². The fraction of sp³-hybridized carbons (Fsp3) is 0.294. The van der Waals surface area contributed by atoms with Crippen molar-refractivity contribution in [1.29, 1.82) is 0 Å². The topological polar surface area (TPSA) is 71.3 Å². The summed E-state index contributed by atoms with van der Waals surface area (Å²) in [5, 5.41) is 5.73. The zero-order valence-electron chi connectivity index (χ0n) is 12.4. The largest absolute Gasteiger partial charge is 0.459 e. The van der Waals surface area contributed by atoms with Crippen LogP contribution in [-0.4, -0.2) is 17.9 Å². The standard InChI is InChI=1S/C17H18N2O3/c1-11-8-9-22-16(11)17(21)19-14-4-2-12(3-5-14)10-15(20)18-13-6-7-13/h2-5,8-9,13H,6-7,10H2,1H3,(H,18,20)(H,19,21). The summed E-state index contributed by atoms with van der Waals surface area (Å²) in [7, 11) is 0. The van der Waals surface area contributed by atoms with Gasteiger partial charge in [-0.15, -0.1) is 0 Å². The van der Waals surface area contributed by atoms with Crippen LogP contribution in [0.3, 0.4) is 0 Å². The van der Waals surface area contributed by atoms with Crippen molar-refractivity contribution in [2.45, 2.75) is 32.2 Å². The van der Waals surface area contributed by atoms with Crippen molar-refractivity contribution in [2.24, 2.45) is 0 Å². The minimum atomic E-state index is -0.276. The second-order valence-corrected chi connectivity index (χ2v) is 5.60. The predicted molar refractivity (Wildman–Crippen MR) is 82.7 cm³/mol. The van der Waals surface area contributed by atoms with Gasteiger partial charge >= 0.3 is 0 Å². The Hall–Kier alpha value is -2.56. The summed E-state index contributed by atoms with van der Waals surface area (Å²) >= 11 is 0. The van der Waals surface area contributed by atoms with Gasteiger partial charge in [-0.1, -0.05) is 12.1 Å². The number of aryl methyl sites for hydroxylation is 1. The number of nitrogens with one attached hydrogen (secondary N) is 2. The number of carbonyl (C=O) groups is 2. The first-order valence-electron chi connectivity index (χ1n) is 7.35. The van der Waals surface area contributed by atoms with E-state index in [1.54, 1.807) is 18.2 Å². The molecule has 0 radical (unpaired) electrons. The highest BCUT2D eigenvalue weighted by molar-refractivity contribution is 6.03. The van der Waals surface area contributed by atoms with Gasteiger partial charge in [0.2, 0.25) is 5.91 Å². The number of rotatable bonds is 5. The Morgan fingerprint density at radius 2 is 1.91 bits per heavy atom. The van der Waals surface area contributed by atoms with Crippen LogP contribution in [0.5, 0.6) is 0 Å². The molecule has 2 aromatic rings. The molecule has 0 bridgehead atoms. The third-order valence-corrected chi connectivity index (χ3v) is 3.59. The molecule has 22 heavy (non-hydrogen) atoms. The van der Waals surface area contributed by atoms with Gasteiger partial charge in [-0.3, -0.25) is 9.59 Å². The summed E-state index contributed by atoms with van der Waals surface area (Å²) in [6.07, 6.45) is 4.03. The molecule has 1 aliphatic rings. The van der Waals surface area contributed by atoms with Crippen molar-refractivity contribution in [3.8, 4) is 0 Å². The van der Waals surface area contributed by atoms with Crippen LogP contribution in [0.1, 0.15) is 34.5 Å². The molecule has 5 nitrogen and oxygen atoms in total. The van der Waals surface area contributed by atoms with Crippen LogP contribution < -0.4 is 10.6 Å². The van der Waals surface area contributed by atoms with Crippen molar-refractivity contribution in [1.82, 2.24) is 5.32 Å². The predicted octanol–water partition coefficient (Wildman–Crippen LogP) is 2.66. The molecule has 1 aromatic heterocycles. The van der Waals surface area contributed by atoms with Crippen molar-refractivity contribution < 1.29 is 14.0 Å². The van der Waals surface area contributed by atoms with Crippen molar-refractivity contribution in [3.63, 3.8) is 0 Å². The van der Waals surface area contributed by atoms with Gasteiger partial charge in [0, 0.05) is 17.3 Å². The van der Waals surface area contributed by atoms with E-state index in [-0.39, 0.29) is 11.8 Å². The highest BCUT2D eigenvalue weighted by Gasteiger charge is 2.23. The maximum Gasteiger partial charge on any atom is 0.291 e. The molecule has 0 unspecified atom stereocenters. The minimum absolute atomic E-state index is 0.0468. The number of hydrogen-bond donors (Lipinski definition) is 2. The lowest BCUT2D eigenvalue weighted by molar-refractivity contribution is -0.120. The summed E-state index contributed by atoms with van der Waals surface area (Å²) in [6.45, 7) is 1.82. The number of furan rings is 1. The SMILES string of the molecule is Cc1ccoc1C(=O)Nc1ccc(CC(=O)NC2CC2)cc1. The van der Waals surface area contributed by atoms with Gasteiger partial charge in [-0.25, -0.2) is 0 Å². The number of carbonyl (C=O) groups excluding carboxylic acids is 2. The molecule has 1 fully saturated rings. The zero-order chi connectivity index (χ0) is 15.5. The Morgan fingerprint density at radius 1 is 1.18 bits per heavy atom. The summed E-state index contributed by atoms with van der Waals surface area (Å²) in [5.74, 6) is 0.0834. The van der Waals surface area contributed by atoms with E-state index in [4.69, 9.17) is 4.42 Å². The molecule has 1 heterocycles. The van der Waals surface area contributed by atoms with Gasteiger partial charge in [0.15, 0.2) is 5.76 Å². The average Bonchev–Trinajstić information content (AvgIpc) is 3.19. The Morgan fingerprint density at radius 3 is 2.50 bits per heavy atom. The maximum atomic E-state index is 12.0. The molecule has 3 rings (SSSR count). The third kappa shape index (κ3) is 3.55. The molecule has 5 heteroatoms. The molecular formula is C17H18N2O3. The van der Waals surface area contributed by atoms with Crippen molar-refractivity contribution >= 4 is 17.5 Å². The second kappa shape index (κ2) is 6.05. The van der Waals surface area contributed by atoms with Gasteiger partial charge in [0.25, 0.3) is 5.91 Å². The highest BCUT2D eigenvalue weighted by Crippen LogP contribution is 2.19. The second-order valence-electron chi connectivity index (χ2n) is 5.60. The van der Waals surface area contributed by atoms with Crippen LogP contribution in [0.2, 0.25) is 0 Å². The molecule has 2 amide bonds. The van der Waals surface area contributed by atoms with Crippen molar-refractivity contribution in [2.75, 3.05) is 5.32 Å². The Balaban J connectivity index is 1.58. The van der Waals surface area contributed by atoms with Crippen LogP contribution in [0.25, 0.3) is 0 Å². The van der Waals surface area contributed by atoms with Gasteiger partial charge in [0.05, 0.1) is 12.7 Å². The normalized spacial score (nSPS) is 13.7. The van der Waals surface area contributed by atoms with Crippen LogP contribution in [-0.2, 0) is 11.2 Å². The molecule has 0 saturated heterocycles. The summed E-state index contributed by atoms with van der Waals surface area (Å²) in [4.78, 5) is 23.7. The molecule has 0 spiro atoms. The first-order chi connectivity index (χ1) is 10.6. The minimum Gasteiger partial charge on any atom is -0.459 e. The number of amides is 2. The fourth-order valence-corrected chi connectivity index (χ4v) is 2.19. The fourth-order valence-electron chi connectivity index (χ4n) is 2.19. The summed E-state index contributed by atoms with van der Waals surface area (Å²) in [6, 6.07) is 9.39. The number of hydrogen-bond acceptors (Lipinski definition) is 3. The Kier molecular flexibility index (Phi) is 3.96.